The number of ether oxygens (including phenoxy) is 1. The van der Waals surface area contributed by atoms with Gasteiger partial charge in [0.25, 0.3) is 0 Å². The van der Waals surface area contributed by atoms with Crippen molar-refractivity contribution in [3.63, 3.8) is 0 Å². The van der Waals surface area contributed by atoms with Crippen LogP contribution in [0.1, 0.15) is 33.1 Å². The van der Waals surface area contributed by atoms with Gasteiger partial charge in [0, 0.05) is 12.6 Å². The third kappa shape index (κ3) is 8.05. The second kappa shape index (κ2) is 9.14. The summed E-state index contributed by atoms with van der Waals surface area (Å²) in [6.45, 7) is 2.28. The Labute approximate surface area is 111 Å². The van der Waals surface area contributed by atoms with E-state index in [-0.39, 0.29) is 38.1 Å². The Morgan fingerprint density at radius 3 is 2.32 bits per heavy atom. The van der Waals surface area contributed by atoms with Crippen LogP contribution in [0.15, 0.2) is 0 Å². The molecule has 0 aromatic carbocycles. The predicted octanol–water partition coefficient (Wildman–Crippen LogP) is 1.96. The highest BCUT2D eigenvalue weighted by molar-refractivity contribution is 5.76. The summed E-state index contributed by atoms with van der Waals surface area (Å²) in [7, 11) is 0. The molecule has 0 aliphatic heterocycles. The normalized spacial score (nSPS) is 11.9. The fourth-order valence-electron chi connectivity index (χ4n) is 1.84. The van der Waals surface area contributed by atoms with Crippen molar-refractivity contribution in [1.82, 2.24) is 4.90 Å². The predicted molar refractivity (Wildman–Crippen MR) is 64.7 cm³/mol. The zero-order valence-electron chi connectivity index (χ0n) is 11.4. The number of hydrogen-bond acceptors (Lipinski definition) is 3. The van der Waals surface area contributed by atoms with Gasteiger partial charge in [0.2, 0.25) is 5.91 Å². The van der Waals surface area contributed by atoms with Crippen molar-refractivity contribution >= 4 is 5.91 Å². The summed E-state index contributed by atoms with van der Waals surface area (Å²) in [5.74, 6) is -0.287. The molecule has 0 bridgehead atoms. The average Bonchev–Trinajstić information content (AvgIpc) is 2.33. The SMILES string of the molecule is CCC(CC)N(CCO)C(=O)CCOCC(F)(F)F. The highest BCUT2D eigenvalue weighted by atomic mass is 19.4. The van der Waals surface area contributed by atoms with Crippen molar-refractivity contribution in [3.8, 4) is 0 Å². The molecule has 1 amide bonds. The highest BCUT2D eigenvalue weighted by Crippen LogP contribution is 2.15. The van der Waals surface area contributed by atoms with Gasteiger partial charge >= 0.3 is 6.18 Å². The van der Waals surface area contributed by atoms with Gasteiger partial charge in [-0.15, -0.1) is 0 Å². The van der Waals surface area contributed by atoms with Crippen LogP contribution in [-0.2, 0) is 9.53 Å². The lowest BCUT2D eigenvalue weighted by Crippen LogP contribution is -2.42. The fourth-order valence-corrected chi connectivity index (χ4v) is 1.84. The first kappa shape index (κ1) is 18.2. The summed E-state index contributed by atoms with van der Waals surface area (Å²) in [5.41, 5.74) is 0. The molecule has 0 aromatic rings. The maximum atomic E-state index is 11.9. The summed E-state index contributed by atoms with van der Waals surface area (Å²) < 4.78 is 39.9. The Bertz CT molecular complexity index is 255. The monoisotopic (exact) mass is 285 g/mol. The minimum absolute atomic E-state index is 0.00210. The first-order valence-electron chi connectivity index (χ1n) is 6.40. The Balaban J connectivity index is 4.18. The van der Waals surface area contributed by atoms with Crippen LogP contribution in [0.4, 0.5) is 13.2 Å². The molecular formula is C12H22F3NO3. The van der Waals surface area contributed by atoms with E-state index < -0.39 is 12.8 Å². The number of hydrogen-bond donors (Lipinski definition) is 1. The third-order valence-electron chi connectivity index (χ3n) is 2.77. The summed E-state index contributed by atoms with van der Waals surface area (Å²) in [5, 5.41) is 8.93. The number of nitrogens with zero attached hydrogens (tertiary/aromatic N) is 1. The van der Waals surface area contributed by atoms with E-state index in [9.17, 15) is 18.0 Å². The van der Waals surface area contributed by atoms with Crippen LogP contribution in [0.3, 0.4) is 0 Å². The van der Waals surface area contributed by atoms with E-state index in [4.69, 9.17) is 5.11 Å². The summed E-state index contributed by atoms with van der Waals surface area (Å²) >= 11 is 0. The first-order chi connectivity index (χ1) is 8.85. The molecule has 0 aromatic heterocycles. The summed E-state index contributed by atoms with van der Waals surface area (Å²) in [6.07, 6.45) is -2.99. The summed E-state index contributed by atoms with van der Waals surface area (Å²) in [4.78, 5) is 13.4. The Hall–Kier alpha value is -0.820. The van der Waals surface area contributed by atoms with E-state index in [0.29, 0.717) is 0 Å². The third-order valence-corrected chi connectivity index (χ3v) is 2.77. The fraction of sp³-hybridized carbons (Fsp3) is 0.917. The Morgan fingerprint density at radius 1 is 1.32 bits per heavy atom. The van der Waals surface area contributed by atoms with Crippen molar-refractivity contribution in [2.45, 2.75) is 45.3 Å². The molecule has 0 radical (unpaired) electrons. The molecule has 0 saturated heterocycles. The Kier molecular flexibility index (Phi) is 8.75. The molecule has 0 fully saturated rings. The van der Waals surface area contributed by atoms with Crippen molar-refractivity contribution in [2.24, 2.45) is 0 Å². The molecule has 0 unspecified atom stereocenters. The summed E-state index contributed by atoms with van der Waals surface area (Å²) in [6, 6.07) is 0.00210. The second-order valence-corrected chi connectivity index (χ2v) is 4.20. The van der Waals surface area contributed by atoms with Crippen LogP contribution in [-0.4, -0.2) is 54.5 Å². The molecule has 1 N–H and O–H groups in total. The molecule has 0 saturated carbocycles. The van der Waals surface area contributed by atoms with Crippen LogP contribution in [0, 0.1) is 0 Å². The molecule has 0 rings (SSSR count). The van der Waals surface area contributed by atoms with Crippen LogP contribution >= 0.6 is 0 Å². The lowest BCUT2D eigenvalue weighted by molar-refractivity contribution is -0.175. The lowest BCUT2D eigenvalue weighted by Gasteiger charge is -2.30. The molecule has 0 atom stereocenters. The van der Waals surface area contributed by atoms with Gasteiger partial charge in [0.15, 0.2) is 0 Å². The average molecular weight is 285 g/mol. The molecule has 0 heterocycles. The van der Waals surface area contributed by atoms with Crippen molar-refractivity contribution in [2.75, 3.05) is 26.4 Å². The van der Waals surface area contributed by atoms with Crippen LogP contribution < -0.4 is 0 Å². The number of aliphatic hydroxyl groups is 1. The zero-order chi connectivity index (χ0) is 14.9. The van der Waals surface area contributed by atoms with Crippen molar-refractivity contribution < 1.29 is 27.8 Å². The van der Waals surface area contributed by atoms with Gasteiger partial charge in [0.1, 0.15) is 6.61 Å². The number of rotatable bonds is 9. The maximum absolute atomic E-state index is 11.9. The van der Waals surface area contributed by atoms with Gasteiger partial charge in [-0.3, -0.25) is 4.79 Å². The largest absolute Gasteiger partial charge is 0.411 e. The van der Waals surface area contributed by atoms with E-state index in [1.54, 1.807) is 0 Å². The number of amides is 1. The second-order valence-electron chi connectivity index (χ2n) is 4.20. The first-order valence-corrected chi connectivity index (χ1v) is 6.40. The standard InChI is InChI=1S/C12H22F3NO3/c1-3-10(4-2)16(6-7-17)11(18)5-8-19-9-12(13,14)15/h10,17H,3-9H2,1-2H3. The van der Waals surface area contributed by atoms with E-state index in [1.807, 2.05) is 13.8 Å². The minimum Gasteiger partial charge on any atom is -0.395 e. The quantitative estimate of drug-likeness (QED) is 0.659. The minimum atomic E-state index is -4.37. The molecule has 4 nitrogen and oxygen atoms in total. The topological polar surface area (TPSA) is 49.8 Å². The molecule has 0 aliphatic rings. The van der Waals surface area contributed by atoms with Gasteiger partial charge in [0.05, 0.1) is 19.6 Å². The molecule has 0 aliphatic carbocycles. The Morgan fingerprint density at radius 2 is 1.89 bits per heavy atom. The van der Waals surface area contributed by atoms with Crippen LogP contribution in [0.2, 0.25) is 0 Å². The number of carbonyl (C=O) groups excluding carboxylic acids is 1. The van der Waals surface area contributed by atoms with Gasteiger partial charge in [-0.25, -0.2) is 0 Å². The smallest absolute Gasteiger partial charge is 0.395 e. The van der Waals surface area contributed by atoms with E-state index in [1.165, 1.54) is 4.90 Å². The molecular weight excluding hydrogens is 263 g/mol. The molecule has 7 heteroatoms. The van der Waals surface area contributed by atoms with E-state index in [2.05, 4.69) is 4.74 Å². The molecule has 0 spiro atoms. The number of aliphatic hydroxyl groups excluding tert-OH is 1. The number of alkyl halides is 3. The van der Waals surface area contributed by atoms with Gasteiger partial charge < -0.3 is 14.7 Å². The van der Waals surface area contributed by atoms with Gasteiger partial charge in [-0.1, -0.05) is 13.8 Å². The van der Waals surface area contributed by atoms with Crippen LogP contribution in [0.5, 0.6) is 0 Å². The molecule has 114 valence electrons. The van der Waals surface area contributed by atoms with E-state index in [0.717, 1.165) is 12.8 Å². The number of carbonyl (C=O) groups is 1. The van der Waals surface area contributed by atoms with Crippen molar-refractivity contribution in [1.29, 1.82) is 0 Å². The van der Waals surface area contributed by atoms with Gasteiger partial charge in [-0.2, -0.15) is 13.2 Å². The highest BCUT2D eigenvalue weighted by Gasteiger charge is 2.27. The van der Waals surface area contributed by atoms with E-state index >= 15 is 0 Å². The van der Waals surface area contributed by atoms with Crippen LogP contribution in [0.25, 0.3) is 0 Å². The lowest BCUT2D eigenvalue weighted by atomic mass is 10.1. The molecule has 19 heavy (non-hydrogen) atoms. The van der Waals surface area contributed by atoms with Gasteiger partial charge in [-0.05, 0) is 12.8 Å². The zero-order valence-corrected chi connectivity index (χ0v) is 11.4. The maximum Gasteiger partial charge on any atom is 0.411 e. The number of halogens is 3. The van der Waals surface area contributed by atoms with Crippen molar-refractivity contribution in [3.05, 3.63) is 0 Å².